The minimum atomic E-state index is 0.812. The highest BCUT2D eigenvalue weighted by atomic mass is 16.5. The van der Waals surface area contributed by atoms with Crippen LogP contribution in [0.15, 0.2) is 0 Å². The van der Waals surface area contributed by atoms with Crippen molar-refractivity contribution in [3.05, 3.63) is 0 Å². The zero-order valence-corrected chi connectivity index (χ0v) is 9.26. The van der Waals surface area contributed by atoms with Gasteiger partial charge < -0.3 is 14.8 Å². The van der Waals surface area contributed by atoms with Crippen molar-refractivity contribution in [2.75, 3.05) is 39.5 Å². The predicted octanol–water partition coefficient (Wildman–Crippen LogP) is 1.43. The first-order valence-electron chi connectivity index (χ1n) is 5.79. The third kappa shape index (κ3) is 7.30. The van der Waals surface area contributed by atoms with E-state index in [1.165, 1.54) is 12.8 Å². The molecule has 1 aliphatic rings. The molecule has 3 heteroatoms. The molecule has 0 amide bonds. The smallest absolute Gasteiger partial charge is 0.0590 e. The molecule has 0 aromatic heterocycles. The lowest BCUT2D eigenvalue weighted by atomic mass is 10.4. The number of nitrogens with one attached hydrogen (secondary N) is 1. The van der Waals surface area contributed by atoms with Crippen LogP contribution < -0.4 is 5.32 Å². The van der Waals surface area contributed by atoms with Gasteiger partial charge in [0.2, 0.25) is 0 Å². The van der Waals surface area contributed by atoms with Crippen molar-refractivity contribution in [1.29, 1.82) is 0 Å². The van der Waals surface area contributed by atoms with Gasteiger partial charge in [0.15, 0.2) is 0 Å². The second-order valence-corrected chi connectivity index (χ2v) is 3.82. The second-order valence-electron chi connectivity index (χ2n) is 3.82. The Morgan fingerprint density at radius 2 is 2.00 bits per heavy atom. The Morgan fingerprint density at radius 3 is 2.71 bits per heavy atom. The summed E-state index contributed by atoms with van der Waals surface area (Å²) < 4.78 is 10.7. The van der Waals surface area contributed by atoms with Crippen LogP contribution in [0.3, 0.4) is 0 Å². The molecule has 84 valence electrons. The second kappa shape index (κ2) is 8.21. The average Bonchev–Trinajstić information content (AvgIpc) is 2.99. The van der Waals surface area contributed by atoms with Crippen LogP contribution in [0.1, 0.15) is 26.2 Å². The van der Waals surface area contributed by atoms with Crippen molar-refractivity contribution in [3.63, 3.8) is 0 Å². The molecule has 1 saturated carbocycles. The molecule has 0 heterocycles. The highest BCUT2D eigenvalue weighted by Crippen LogP contribution is 2.28. The molecular formula is C11H23NO2. The van der Waals surface area contributed by atoms with E-state index in [0.717, 1.165) is 51.9 Å². The molecule has 0 spiro atoms. The maximum atomic E-state index is 5.51. The first-order chi connectivity index (χ1) is 6.93. The summed E-state index contributed by atoms with van der Waals surface area (Å²) in [5, 5.41) is 3.32. The lowest BCUT2D eigenvalue weighted by molar-refractivity contribution is 0.120. The Balaban J connectivity index is 1.63. The minimum Gasteiger partial charge on any atom is -0.381 e. The summed E-state index contributed by atoms with van der Waals surface area (Å²) in [6.45, 7) is 7.53. The molecular weight excluding hydrogens is 178 g/mol. The zero-order valence-electron chi connectivity index (χ0n) is 9.26. The molecule has 0 aromatic carbocycles. The summed E-state index contributed by atoms with van der Waals surface area (Å²) in [6.07, 6.45) is 3.87. The number of hydrogen-bond donors (Lipinski definition) is 1. The lowest BCUT2D eigenvalue weighted by Crippen LogP contribution is -2.21. The van der Waals surface area contributed by atoms with Gasteiger partial charge in [-0.15, -0.1) is 0 Å². The molecule has 0 radical (unpaired) electrons. The van der Waals surface area contributed by atoms with Gasteiger partial charge in [-0.25, -0.2) is 0 Å². The molecule has 1 N–H and O–H groups in total. The molecule has 1 rings (SSSR count). The van der Waals surface area contributed by atoms with E-state index in [1.54, 1.807) is 0 Å². The van der Waals surface area contributed by atoms with Gasteiger partial charge >= 0.3 is 0 Å². The first-order valence-corrected chi connectivity index (χ1v) is 5.79. The van der Waals surface area contributed by atoms with Crippen LogP contribution in [0.2, 0.25) is 0 Å². The molecule has 0 aliphatic heterocycles. The van der Waals surface area contributed by atoms with Crippen molar-refractivity contribution in [3.8, 4) is 0 Å². The normalized spacial score (nSPS) is 16.1. The first kappa shape index (κ1) is 12.0. The molecule has 14 heavy (non-hydrogen) atoms. The zero-order chi connectivity index (χ0) is 10.1. The van der Waals surface area contributed by atoms with E-state index in [0.29, 0.717) is 0 Å². The maximum absolute atomic E-state index is 5.51. The van der Waals surface area contributed by atoms with Crippen LogP contribution in [0.4, 0.5) is 0 Å². The average molecular weight is 201 g/mol. The Hall–Kier alpha value is -0.120. The van der Waals surface area contributed by atoms with Gasteiger partial charge in [-0.2, -0.15) is 0 Å². The Labute approximate surface area is 87.2 Å². The van der Waals surface area contributed by atoms with Crippen LogP contribution in [0.5, 0.6) is 0 Å². The molecule has 0 atom stereocenters. The molecule has 3 nitrogen and oxygen atoms in total. The third-order valence-corrected chi connectivity index (χ3v) is 2.32. The maximum Gasteiger partial charge on any atom is 0.0590 e. The standard InChI is InChI=1S/C11H23NO2/c1-2-13-9-7-12-6-3-8-14-10-11-4-5-11/h11-12H,2-10H2,1H3. The monoisotopic (exact) mass is 201 g/mol. The number of hydrogen-bond acceptors (Lipinski definition) is 3. The molecule has 1 fully saturated rings. The van der Waals surface area contributed by atoms with Crippen LogP contribution >= 0.6 is 0 Å². The molecule has 0 saturated heterocycles. The lowest BCUT2D eigenvalue weighted by Gasteiger charge is -2.05. The molecule has 0 bridgehead atoms. The molecule has 1 aliphatic carbocycles. The predicted molar refractivity (Wildman–Crippen MR) is 57.5 cm³/mol. The summed E-state index contributed by atoms with van der Waals surface area (Å²) in [5.74, 6) is 0.890. The van der Waals surface area contributed by atoms with Crippen LogP contribution in [0.25, 0.3) is 0 Å². The van der Waals surface area contributed by atoms with Gasteiger partial charge in [0.05, 0.1) is 6.61 Å². The topological polar surface area (TPSA) is 30.5 Å². The van der Waals surface area contributed by atoms with Crippen LogP contribution in [-0.2, 0) is 9.47 Å². The highest BCUT2D eigenvalue weighted by molar-refractivity contribution is 4.71. The van der Waals surface area contributed by atoms with Gasteiger partial charge in [0.1, 0.15) is 0 Å². The van der Waals surface area contributed by atoms with Crippen molar-refractivity contribution in [2.45, 2.75) is 26.2 Å². The van der Waals surface area contributed by atoms with E-state index >= 15 is 0 Å². The summed E-state index contributed by atoms with van der Waals surface area (Å²) in [6, 6.07) is 0. The van der Waals surface area contributed by atoms with Crippen LogP contribution in [0, 0.1) is 5.92 Å². The Kier molecular flexibility index (Phi) is 7.01. The summed E-state index contributed by atoms with van der Waals surface area (Å²) in [5.41, 5.74) is 0. The molecule has 0 aromatic rings. The Morgan fingerprint density at radius 1 is 1.14 bits per heavy atom. The number of rotatable bonds is 10. The summed E-state index contributed by atoms with van der Waals surface area (Å²) in [7, 11) is 0. The summed E-state index contributed by atoms with van der Waals surface area (Å²) >= 11 is 0. The van der Waals surface area contributed by atoms with E-state index in [-0.39, 0.29) is 0 Å². The molecule has 0 unspecified atom stereocenters. The SMILES string of the molecule is CCOCCNCCCOCC1CC1. The van der Waals surface area contributed by atoms with E-state index in [2.05, 4.69) is 5.32 Å². The van der Waals surface area contributed by atoms with Crippen molar-refractivity contribution in [1.82, 2.24) is 5.32 Å². The van der Waals surface area contributed by atoms with E-state index < -0.39 is 0 Å². The summed E-state index contributed by atoms with van der Waals surface area (Å²) in [4.78, 5) is 0. The van der Waals surface area contributed by atoms with Crippen molar-refractivity contribution < 1.29 is 9.47 Å². The third-order valence-electron chi connectivity index (χ3n) is 2.32. The fourth-order valence-corrected chi connectivity index (χ4v) is 1.25. The van der Waals surface area contributed by atoms with Gasteiger partial charge in [-0.3, -0.25) is 0 Å². The highest BCUT2D eigenvalue weighted by Gasteiger charge is 2.20. The van der Waals surface area contributed by atoms with E-state index in [9.17, 15) is 0 Å². The van der Waals surface area contributed by atoms with Gasteiger partial charge in [0.25, 0.3) is 0 Å². The quantitative estimate of drug-likeness (QED) is 0.542. The van der Waals surface area contributed by atoms with Crippen molar-refractivity contribution in [2.24, 2.45) is 5.92 Å². The van der Waals surface area contributed by atoms with E-state index in [4.69, 9.17) is 9.47 Å². The van der Waals surface area contributed by atoms with Crippen LogP contribution in [-0.4, -0.2) is 39.5 Å². The van der Waals surface area contributed by atoms with Gasteiger partial charge in [-0.05, 0) is 38.6 Å². The van der Waals surface area contributed by atoms with Gasteiger partial charge in [-0.1, -0.05) is 0 Å². The fraction of sp³-hybridized carbons (Fsp3) is 1.00. The minimum absolute atomic E-state index is 0.812. The van der Waals surface area contributed by atoms with E-state index in [1.807, 2.05) is 6.92 Å². The fourth-order valence-electron chi connectivity index (χ4n) is 1.25. The van der Waals surface area contributed by atoms with Crippen molar-refractivity contribution >= 4 is 0 Å². The Bertz CT molecular complexity index is 126. The largest absolute Gasteiger partial charge is 0.381 e. The number of ether oxygens (including phenoxy) is 2. The van der Waals surface area contributed by atoms with Gasteiger partial charge in [0, 0.05) is 26.4 Å².